The number of hydroxylamine groups is 2. The number of hydrogen-bond donors (Lipinski definition) is 1. The molecule has 72 valence electrons. The Balaban J connectivity index is 1.98. The fourth-order valence-electron chi connectivity index (χ4n) is 1.36. The standard InChI is InChI=1S/C7H10N2O4/c10-5-4-13-9(7(11)8-5)6-2-1-3-12-6/h6H,1-4H2,(H,8,10,11). The van der Waals surface area contributed by atoms with E-state index in [1.165, 1.54) is 0 Å². The first kappa shape index (κ1) is 8.46. The summed E-state index contributed by atoms with van der Waals surface area (Å²) in [5, 5.41) is 3.24. The molecule has 0 aromatic heterocycles. The zero-order valence-electron chi connectivity index (χ0n) is 6.99. The lowest BCUT2D eigenvalue weighted by Crippen LogP contribution is -2.54. The molecule has 1 unspecified atom stereocenters. The molecule has 1 atom stereocenters. The lowest BCUT2D eigenvalue weighted by Gasteiger charge is -2.29. The minimum absolute atomic E-state index is 0.119. The van der Waals surface area contributed by atoms with Crippen LogP contribution in [0.3, 0.4) is 0 Å². The second-order valence-electron chi connectivity index (χ2n) is 2.92. The van der Waals surface area contributed by atoms with E-state index in [0.717, 1.165) is 17.9 Å². The fourth-order valence-corrected chi connectivity index (χ4v) is 1.36. The van der Waals surface area contributed by atoms with Crippen molar-refractivity contribution < 1.29 is 19.2 Å². The summed E-state index contributed by atoms with van der Waals surface area (Å²) in [6.07, 6.45) is 1.32. The van der Waals surface area contributed by atoms with E-state index in [2.05, 4.69) is 5.32 Å². The van der Waals surface area contributed by atoms with Gasteiger partial charge in [-0.1, -0.05) is 0 Å². The number of ether oxygens (including phenoxy) is 1. The van der Waals surface area contributed by atoms with Crippen LogP contribution in [0.4, 0.5) is 4.79 Å². The Morgan fingerprint density at radius 3 is 2.92 bits per heavy atom. The quantitative estimate of drug-likeness (QED) is 0.605. The van der Waals surface area contributed by atoms with Gasteiger partial charge in [-0.2, -0.15) is 5.06 Å². The average Bonchev–Trinajstić information content (AvgIpc) is 2.56. The number of hydrogen-bond acceptors (Lipinski definition) is 4. The van der Waals surface area contributed by atoms with Crippen molar-refractivity contribution in [1.29, 1.82) is 0 Å². The predicted octanol–water partition coefficient (Wildman–Crippen LogP) is -0.394. The van der Waals surface area contributed by atoms with Gasteiger partial charge in [-0.25, -0.2) is 4.79 Å². The lowest BCUT2D eigenvalue weighted by atomic mass is 10.3. The van der Waals surface area contributed by atoms with E-state index in [-0.39, 0.29) is 12.8 Å². The Hall–Kier alpha value is -1.14. The molecule has 2 aliphatic rings. The van der Waals surface area contributed by atoms with Gasteiger partial charge in [-0.15, -0.1) is 0 Å². The zero-order chi connectivity index (χ0) is 9.26. The second-order valence-corrected chi connectivity index (χ2v) is 2.92. The fraction of sp³-hybridized carbons (Fsp3) is 0.714. The molecule has 0 saturated carbocycles. The molecule has 6 heteroatoms. The second kappa shape index (κ2) is 3.31. The lowest BCUT2D eigenvalue weighted by molar-refractivity contribution is -0.212. The average molecular weight is 186 g/mol. The highest BCUT2D eigenvalue weighted by Crippen LogP contribution is 2.18. The van der Waals surface area contributed by atoms with Crippen molar-refractivity contribution in [1.82, 2.24) is 10.4 Å². The molecule has 0 radical (unpaired) electrons. The maximum atomic E-state index is 11.2. The van der Waals surface area contributed by atoms with Gasteiger partial charge >= 0.3 is 6.03 Å². The molecule has 13 heavy (non-hydrogen) atoms. The van der Waals surface area contributed by atoms with E-state index >= 15 is 0 Å². The molecule has 2 rings (SSSR count). The summed E-state index contributed by atoms with van der Waals surface area (Å²) in [5.41, 5.74) is 0. The highest BCUT2D eigenvalue weighted by Gasteiger charge is 2.33. The topological polar surface area (TPSA) is 67.9 Å². The molecule has 2 fully saturated rings. The summed E-state index contributed by atoms with van der Waals surface area (Å²) in [4.78, 5) is 26.8. The van der Waals surface area contributed by atoms with Gasteiger partial charge in [0.1, 0.15) is 0 Å². The summed E-state index contributed by atoms with van der Waals surface area (Å²) in [6, 6.07) is -0.539. The normalized spacial score (nSPS) is 29.2. The van der Waals surface area contributed by atoms with Gasteiger partial charge in [0.15, 0.2) is 12.8 Å². The Morgan fingerprint density at radius 1 is 1.46 bits per heavy atom. The van der Waals surface area contributed by atoms with Crippen molar-refractivity contribution in [3.05, 3.63) is 0 Å². The van der Waals surface area contributed by atoms with Gasteiger partial charge in [0.25, 0.3) is 5.91 Å². The minimum Gasteiger partial charge on any atom is -0.356 e. The van der Waals surface area contributed by atoms with Crippen molar-refractivity contribution in [3.8, 4) is 0 Å². The van der Waals surface area contributed by atoms with E-state index in [9.17, 15) is 9.59 Å². The molecule has 0 bridgehead atoms. The summed E-state index contributed by atoms with van der Waals surface area (Å²) in [5.74, 6) is -0.417. The molecule has 0 spiro atoms. The summed E-state index contributed by atoms with van der Waals surface area (Å²) in [7, 11) is 0. The SMILES string of the molecule is O=C1CON(C2CCCO2)C(=O)N1. The zero-order valence-corrected chi connectivity index (χ0v) is 6.99. The molecular formula is C7H10N2O4. The van der Waals surface area contributed by atoms with Crippen molar-refractivity contribution in [3.63, 3.8) is 0 Å². The molecule has 0 aromatic carbocycles. The van der Waals surface area contributed by atoms with E-state index in [0.29, 0.717) is 6.61 Å². The van der Waals surface area contributed by atoms with E-state index in [1.54, 1.807) is 0 Å². The monoisotopic (exact) mass is 186 g/mol. The molecule has 3 amide bonds. The number of carbonyl (C=O) groups is 2. The van der Waals surface area contributed by atoms with Gasteiger partial charge in [0.2, 0.25) is 0 Å². The summed E-state index contributed by atoms with van der Waals surface area (Å²) >= 11 is 0. The molecular weight excluding hydrogens is 176 g/mol. The van der Waals surface area contributed by atoms with Crippen LogP contribution in [0.2, 0.25) is 0 Å². The van der Waals surface area contributed by atoms with Gasteiger partial charge in [0.05, 0.1) is 0 Å². The van der Waals surface area contributed by atoms with Crippen LogP contribution in [-0.4, -0.2) is 36.4 Å². The van der Waals surface area contributed by atoms with E-state index in [4.69, 9.17) is 9.57 Å². The Kier molecular flexibility index (Phi) is 2.15. The van der Waals surface area contributed by atoms with Crippen LogP contribution >= 0.6 is 0 Å². The van der Waals surface area contributed by atoms with Gasteiger partial charge in [-0.3, -0.25) is 14.9 Å². The Morgan fingerprint density at radius 2 is 2.31 bits per heavy atom. The van der Waals surface area contributed by atoms with Crippen LogP contribution in [0.15, 0.2) is 0 Å². The number of rotatable bonds is 1. The summed E-state index contributed by atoms with van der Waals surface area (Å²) in [6.45, 7) is 0.511. The summed E-state index contributed by atoms with van der Waals surface area (Å²) < 4.78 is 5.23. The van der Waals surface area contributed by atoms with Gasteiger partial charge in [0, 0.05) is 6.61 Å². The van der Waals surface area contributed by atoms with Crippen LogP contribution in [0, 0.1) is 0 Å². The number of urea groups is 1. The third-order valence-electron chi connectivity index (χ3n) is 1.95. The number of nitrogens with one attached hydrogen (secondary N) is 1. The largest absolute Gasteiger partial charge is 0.356 e. The third kappa shape index (κ3) is 1.63. The first-order valence-corrected chi connectivity index (χ1v) is 4.15. The maximum absolute atomic E-state index is 11.2. The van der Waals surface area contributed by atoms with Crippen molar-refractivity contribution in [2.75, 3.05) is 13.2 Å². The molecule has 2 aliphatic heterocycles. The number of amides is 3. The van der Waals surface area contributed by atoms with E-state index in [1.807, 2.05) is 0 Å². The van der Waals surface area contributed by atoms with Crippen LogP contribution in [-0.2, 0) is 14.4 Å². The molecule has 2 saturated heterocycles. The van der Waals surface area contributed by atoms with Crippen LogP contribution < -0.4 is 5.32 Å². The number of carbonyl (C=O) groups excluding carboxylic acids is 2. The molecule has 2 heterocycles. The maximum Gasteiger partial charge on any atom is 0.350 e. The van der Waals surface area contributed by atoms with Crippen molar-refractivity contribution in [2.24, 2.45) is 0 Å². The highest BCUT2D eigenvalue weighted by atomic mass is 16.7. The van der Waals surface area contributed by atoms with Crippen LogP contribution in [0.1, 0.15) is 12.8 Å². The van der Waals surface area contributed by atoms with Crippen molar-refractivity contribution in [2.45, 2.75) is 19.1 Å². The predicted molar refractivity (Wildman–Crippen MR) is 40.3 cm³/mol. The van der Waals surface area contributed by atoms with Crippen LogP contribution in [0.25, 0.3) is 0 Å². The van der Waals surface area contributed by atoms with Gasteiger partial charge < -0.3 is 4.74 Å². The van der Waals surface area contributed by atoms with E-state index < -0.39 is 11.9 Å². The van der Waals surface area contributed by atoms with Crippen LogP contribution in [0.5, 0.6) is 0 Å². The van der Waals surface area contributed by atoms with Crippen molar-refractivity contribution >= 4 is 11.9 Å². The smallest absolute Gasteiger partial charge is 0.350 e. The number of imide groups is 1. The molecule has 1 N–H and O–H groups in total. The highest BCUT2D eigenvalue weighted by molar-refractivity contribution is 5.96. The minimum atomic E-state index is -0.539. The molecule has 0 aromatic rings. The van der Waals surface area contributed by atoms with Gasteiger partial charge in [-0.05, 0) is 12.8 Å². The first-order valence-electron chi connectivity index (χ1n) is 4.15. The third-order valence-corrected chi connectivity index (χ3v) is 1.95. The molecule has 6 nitrogen and oxygen atoms in total. The molecule has 0 aliphatic carbocycles. The number of nitrogens with zero attached hydrogens (tertiary/aromatic N) is 1. The Bertz CT molecular complexity index is 237. The Labute approximate surface area is 74.7 Å². The first-order chi connectivity index (χ1) is 6.27.